The molecule has 1 aliphatic rings. The largest absolute Gasteiger partial charge is 0.362 e. The zero-order valence-electron chi connectivity index (χ0n) is 13.2. The molecule has 8 nitrogen and oxygen atoms in total. The van der Waals surface area contributed by atoms with E-state index in [9.17, 15) is 19.7 Å². The quantitative estimate of drug-likeness (QED) is 0.653. The number of carbonyl (C=O) groups is 2. The molecule has 2 rings (SSSR count). The molecule has 124 valence electrons. The Morgan fingerprint density at radius 1 is 1.22 bits per heavy atom. The number of para-hydroxylation sites is 2. The van der Waals surface area contributed by atoms with E-state index in [0.717, 1.165) is 0 Å². The molecule has 0 aliphatic carbocycles. The summed E-state index contributed by atoms with van der Waals surface area (Å²) in [4.78, 5) is 37.5. The number of hydrogen-bond donors (Lipinski definition) is 1. The van der Waals surface area contributed by atoms with E-state index >= 15 is 0 Å². The summed E-state index contributed by atoms with van der Waals surface area (Å²) in [6.45, 7) is 4.99. The maximum atomic E-state index is 12.2. The summed E-state index contributed by atoms with van der Waals surface area (Å²) in [6.07, 6.45) is 0. The van der Waals surface area contributed by atoms with E-state index in [0.29, 0.717) is 31.9 Å². The van der Waals surface area contributed by atoms with Gasteiger partial charge in [-0.1, -0.05) is 12.1 Å². The van der Waals surface area contributed by atoms with E-state index in [1.54, 1.807) is 30.0 Å². The first-order chi connectivity index (χ1) is 10.9. The fraction of sp³-hybridized carbons (Fsp3) is 0.467. The molecule has 0 radical (unpaired) electrons. The second kappa shape index (κ2) is 7.08. The molecule has 0 saturated carbocycles. The minimum absolute atomic E-state index is 0.0684. The predicted molar refractivity (Wildman–Crippen MR) is 85.2 cm³/mol. The Morgan fingerprint density at radius 2 is 1.83 bits per heavy atom. The van der Waals surface area contributed by atoms with Gasteiger partial charge >= 0.3 is 0 Å². The lowest BCUT2D eigenvalue weighted by Gasteiger charge is -2.36. The van der Waals surface area contributed by atoms with E-state index in [2.05, 4.69) is 5.32 Å². The van der Waals surface area contributed by atoms with Crippen LogP contribution < -0.4 is 10.2 Å². The average Bonchev–Trinajstić information content (AvgIpc) is 2.53. The Balaban J connectivity index is 2.00. The topological polar surface area (TPSA) is 95.8 Å². The van der Waals surface area contributed by atoms with Crippen LogP contribution in [0.4, 0.5) is 11.4 Å². The predicted octanol–water partition coefficient (Wildman–Crippen LogP) is 0.768. The number of amides is 2. The Hall–Kier alpha value is -2.64. The summed E-state index contributed by atoms with van der Waals surface area (Å²) in [5, 5.41) is 13.7. The molecule has 1 heterocycles. The fourth-order valence-electron chi connectivity index (χ4n) is 2.69. The number of benzene rings is 1. The molecule has 8 heteroatoms. The maximum absolute atomic E-state index is 12.2. The summed E-state index contributed by atoms with van der Waals surface area (Å²) >= 11 is 0. The highest BCUT2D eigenvalue weighted by molar-refractivity contribution is 5.86. The van der Waals surface area contributed by atoms with Crippen molar-refractivity contribution in [1.82, 2.24) is 10.2 Å². The summed E-state index contributed by atoms with van der Waals surface area (Å²) in [5.41, 5.74) is 0.637. The van der Waals surface area contributed by atoms with Gasteiger partial charge in [-0.05, 0) is 13.0 Å². The van der Waals surface area contributed by atoms with Crippen molar-refractivity contribution in [1.29, 1.82) is 0 Å². The van der Waals surface area contributed by atoms with Gasteiger partial charge < -0.3 is 15.1 Å². The molecule has 1 saturated heterocycles. The molecule has 0 aromatic heterocycles. The molecule has 0 spiro atoms. The number of nitro groups is 1. The molecule has 0 bridgehead atoms. The third kappa shape index (κ3) is 3.97. The van der Waals surface area contributed by atoms with Gasteiger partial charge in [-0.25, -0.2) is 0 Å². The molecule has 1 unspecified atom stereocenters. The molecule has 1 N–H and O–H groups in total. The van der Waals surface area contributed by atoms with Gasteiger partial charge in [0.25, 0.3) is 5.69 Å². The third-order valence-corrected chi connectivity index (χ3v) is 3.80. The number of nitrogens with one attached hydrogen (secondary N) is 1. The molecule has 1 fully saturated rings. The van der Waals surface area contributed by atoms with Crippen molar-refractivity contribution in [3.05, 3.63) is 34.4 Å². The normalized spacial score (nSPS) is 15.9. The lowest BCUT2D eigenvalue weighted by Crippen LogP contribution is -2.54. The second-order valence-electron chi connectivity index (χ2n) is 5.48. The first-order valence-electron chi connectivity index (χ1n) is 7.44. The smallest absolute Gasteiger partial charge is 0.292 e. The number of anilines is 1. The Bertz CT molecular complexity index is 611. The molecule has 1 aromatic carbocycles. The van der Waals surface area contributed by atoms with E-state index in [4.69, 9.17) is 0 Å². The lowest BCUT2D eigenvalue weighted by molar-refractivity contribution is -0.384. The average molecular weight is 320 g/mol. The van der Waals surface area contributed by atoms with Crippen molar-refractivity contribution in [3.63, 3.8) is 0 Å². The molecule has 2 amide bonds. The van der Waals surface area contributed by atoms with E-state index in [1.165, 1.54) is 13.0 Å². The molecule has 1 aliphatic heterocycles. The number of carbonyl (C=O) groups excluding carboxylic acids is 2. The van der Waals surface area contributed by atoms with E-state index in [-0.39, 0.29) is 17.5 Å². The number of rotatable bonds is 4. The highest BCUT2D eigenvalue weighted by Gasteiger charge is 2.27. The van der Waals surface area contributed by atoms with Gasteiger partial charge in [-0.2, -0.15) is 0 Å². The van der Waals surface area contributed by atoms with Gasteiger partial charge in [0.15, 0.2) is 0 Å². The van der Waals surface area contributed by atoms with Gasteiger partial charge in [-0.3, -0.25) is 19.7 Å². The van der Waals surface area contributed by atoms with Crippen LogP contribution in [0.25, 0.3) is 0 Å². The van der Waals surface area contributed by atoms with Crippen molar-refractivity contribution >= 4 is 23.2 Å². The SMILES string of the molecule is CC(=O)NC(C)C(=O)N1CCN(c2ccccc2[N+](=O)[O-])CC1. The Morgan fingerprint density at radius 3 is 2.39 bits per heavy atom. The Labute approximate surface area is 134 Å². The molecule has 23 heavy (non-hydrogen) atoms. The zero-order valence-corrected chi connectivity index (χ0v) is 13.2. The molecular formula is C15H20N4O4. The summed E-state index contributed by atoms with van der Waals surface area (Å²) in [6, 6.07) is 6.03. The van der Waals surface area contributed by atoms with Crippen LogP contribution in [-0.2, 0) is 9.59 Å². The minimum atomic E-state index is -0.565. The zero-order chi connectivity index (χ0) is 17.0. The Kier molecular flexibility index (Phi) is 5.15. The van der Waals surface area contributed by atoms with Gasteiger partial charge in [0.1, 0.15) is 11.7 Å². The number of nitrogens with zero attached hydrogens (tertiary/aromatic N) is 3. The van der Waals surface area contributed by atoms with Gasteiger partial charge in [-0.15, -0.1) is 0 Å². The van der Waals surface area contributed by atoms with Crippen molar-refractivity contribution in [2.75, 3.05) is 31.1 Å². The van der Waals surface area contributed by atoms with Crippen LogP contribution in [-0.4, -0.2) is 53.9 Å². The first-order valence-corrected chi connectivity index (χ1v) is 7.44. The van der Waals surface area contributed by atoms with Crippen molar-refractivity contribution in [3.8, 4) is 0 Å². The van der Waals surface area contributed by atoms with Crippen LogP contribution in [0.5, 0.6) is 0 Å². The van der Waals surface area contributed by atoms with Gasteiger partial charge in [0, 0.05) is 39.2 Å². The summed E-state index contributed by atoms with van der Waals surface area (Å²) in [7, 11) is 0. The van der Waals surface area contributed by atoms with Crippen LogP contribution in [0.1, 0.15) is 13.8 Å². The molecular weight excluding hydrogens is 300 g/mol. The van der Waals surface area contributed by atoms with Crippen LogP contribution in [0.2, 0.25) is 0 Å². The number of hydrogen-bond acceptors (Lipinski definition) is 5. The van der Waals surface area contributed by atoms with Crippen LogP contribution in [0.3, 0.4) is 0 Å². The van der Waals surface area contributed by atoms with Crippen molar-refractivity contribution < 1.29 is 14.5 Å². The minimum Gasteiger partial charge on any atom is -0.362 e. The molecule has 1 aromatic rings. The summed E-state index contributed by atoms with van der Waals surface area (Å²) < 4.78 is 0. The standard InChI is InChI=1S/C15H20N4O4/c1-11(16-12(2)20)15(21)18-9-7-17(8-10-18)13-5-3-4-6-14(13)19(22)23/h3-6,11H,7-10H2,1-2H3,(H,16,20). The van der Waals surface area contributed by atoms with Crippen LogP contribution >= 0.6 is 0 Å². The van der Waals surface area contributed by atoms with Crippen molar-refractivity contribution in [2.45, 2.75) is 19.9 Å². The van der Waals surface area contributed by atoms with Gasteiger partial charge in [0.2, 0.25) is 11.8 Å². The number of nitro benzene ring substituents is 1. The van der Waals surface area contributed by atoms with Crippen LogP contribution in [0, 0.1) is 10.1 Å². The monoisotopic (exact) mass is 320 g/mol. The highest BCUT2D eigenvalue weighted by atomic mass is 16.6. The lowest BCUT2D eigenvalue weighted by atomic mass is 10.2. The van der Waals surface area contributed by atoms with Crippen LogP contribution in [0.15, 0.2) is 24.3 Å². The molecule has 1 atom stereocenters. The fourth-order valence-corrected chi connectivity index (χ4v) is 2.69. The number of piperazine rings is 1. The highest BCUT2D eigenvalue weighted by Crippen LogP contribution is 2.28. The van der Waals surface area contributed by atoms with Crippen molar-refractivity contribution in [2.24, 2.45) is 0 Å². The maximum Gasteiger partial charge on any atom is 0.292 e. The summed E-state index contributed by atoms with van der Waals surface area (Å²) in [5.74, 6) is -0.383. The van der Waals surface area contributed by atoms with Gasteiger partial charge in [0.05, 0.1) is 4.92 Å². The second-order valence-corrected chi connectivity index (χ2v) is 5.48. The van der Waals surface area contributed by atoms with E-state index < -0.39 is 11.0 Å². The van der Waals surface area contributed by atoms with E-state index in [1.807, 2.05) is 4.90 Å². The first kappa shape index (κ1) is 16.7. The third-order valence-electron chi connectivity index (χ3n) is 3.80.